The number of ether oxygens (including phenoxy) is 1. The second-order valence-corrected chi connectivity index (χ2v) is 5.68. The molecule has 2 heterocycles. The lowest BCUT2D eigenvalue weighted by atomic mass is 10.2. The lowest BCUT2D eigenvalue weighted by Gasteiger charge is -2.19. The molecule has 0 amide bonds. The van der Waals surface area contributed by atoms with Crippen LogP contribution in [0.2, 0.25) is 0 Å². The Morgan fingerprint density at radius 3 is 2.58 bits per heavy atom. The van der Waals surface area contributed by atoms with Crippen LogP contribution in [-0.4, -0.2) is 27.6 Å². The largest absolute Gasteiger partial charge is 0.475 e. The molecule has 1 unspecified atom stereocenters. The molecule has 3 aromatic rings. The van der Waals surface area contributed by atoms with Gasteiger partial charge < -0.3 is 10.1 Å². The summed E-state index contributed by atoms with van der Waals surface area (Å²) in [5.74, 6) is 0.831. The molecule has 3 rings (SSSR count). The molecule has 0 fully saturated rings. The molecule has 0 bridgehead atoms. The van der Waals surface area contributed by atoms with Crippen molar-refractivity contribution in [1.82, 2.24) is 15.0 Å². The van der Waals surface area contributed by atoms with Crippen LogP contribution in [0.5, 0.6) is 5.88 Å². The molecular formula is C18H17F3N4O. The maximum Gasteiger partial charge on any atom is 0.417 e. The first-order valence-electron chi connectivity index (χ1n) is 8.09. The average Bonchev–Trinajstić information content (AvgIpc) is 2.65. The van der Waals surface area contributed by atoms with Crippen LogP contribution in [0, 0.1) is 0 Å². The first-order valence-corrected chi connectivity index (χ1v) is 8.09. The van der Waals surface area contributed by atoms with Crippen molar-refractivity contribution in [3.05, 3.63) is 54.5 Å². The van der Waals surface area contributed by atoms with E-state index in [1.165, 1.54) is 12.4 Å². The van der Waals surface area contributed by atoms with E-state index in [4.69, 9.17) is 4.74 Å². The van der Waals surface area contributed by atoms with Crippen LogP contribution in [0.3, 0.4) is 0 Å². The Hall–Kier alpha value is -2.90. The molecule has 8 heteroatoms. The molecule has 0 saturated heterocycles. The quantitative estimate of drug-likeness (QED) is 0.708. The lowest BCUT2D eigenvalue weighted by molar-refractivity contribution is -0.137. The van der Waals surface area contributed by atoms with Gasteiger partial charge in [-0.1, -0.05) is 19.1 Å². The van der Waals surface area contributed by atoms with E-state index >= 15 is 0 Å². The van der Waals surface area contributed by atoms with Gasteiger partial charge in [0.15, 0.2) is 0 Å². The number of anilines is 1. The van der Waals surface area contributed by atoms with E-state index in [1.807, 2.05) is 31.2 Å². The second-order valence-electron chi connectivity index (χ2n) is 5.68. The van der Waals surface area contributed by atoms with Crippen molar-refractivity contribution >= 4 is 16.7 Å². The number of rotatable bonds is 6. The fraction of sp³-hybridized carbons (Fsp3) is 0.278. The topological polar surface area (TPSA) is 59.9 Å². The summed E-state index contributed by atoms with van der Waals surface area (Å²) >= 11 is 0. The Kier molecular flexibility index (Phi) is 5.20. The third kappa shape index (κ3) is 4.19. The molecule has 0 saturated carbocycles. The Morgan fingerprint density at radius 1 is 1.08 bits per heavy atom. The summed E-state index contributed by atoms with van der Waals surface area (Å²) in [6.45, 7) is 2.22. The Morgan fingerprint density at radius 2 is 1.88 bits per heavy atom. The zero-order valence-corrected chi connectivity index (χ0v) is 14.0. The van der Waals surface area contributed by atoms with Crippen molar-refractivity contribution in [3.63, 3.8) is 0 Å². The fourth-order valence-corrected chi connectivity index (χ4v) is 2.39. The predicted octanol–water partition coefficient (Wildman–Crippen LogP) is 4.31. The number of alkyl halides is 3. The summed E-state index contributed by atoms with van der Waals surface area (Å²) in [5.41, 5.74) is 0.0210. The van der Waals surface area contributed by atoms with Gasteiger partial charge in [-0.05, 0) is 24.6 Å². The number of hydrogen-bond donors (Lipinski definition) is 1. The predicted molar refractivity (Wildman–Crippen MR) is 92.0 cm³/mol. The number of benzene rings is 1. The molecule has 26 heavy (non-hydrogen) atoms. The van der Waals surface area contributed by atoms with Crippen molar-refractivity contribution in [2.45, 2.75) is 25.6 Å². The molecule has 0 spiro atoms. The van der Waals surface area contributed by atoms with E-state index in [1.54, 1.807) is 0 Å². The lowest BCUT2D eigenvalue weighted by Crippen LogP contribution is -2.27. The molecule has 0 aliphatic rings. The average molecular weight is 362 g/mol. The highest BCUT2D eigenvalue weighted by Crippen LogP contribution is 2.29. The molecule has 0 aliphatic heterocycles. The second kappa shape index (κ2) is 7.55. The molecule has 5 nitrogen and oxygen atoms in total. The van der Waals surface area contributed by atoms with Crippen molar-refractivity contribution in [2.24, 2.45) is 0 Å². The highest BCUT2D eigenvalue weighted by Gasteiger charge is 2.30. The summed E-state index contributed by atoms with van der Waals surface area (Å²) in [6.07, 6.45) is -1.43. The van der Waals surface area contributed by atoms with Crippen LogP contribution < -0.4 is 10.1 Å². The van der Waals surface area contributed by atoms with Gasteiger partial charge in [0.25, 0.3) is 0 Å². The summed E-state index contributed by atoms with van der Waals surface area (Å²) in [7, 11) is 0. The maximum atomic E-state index is 12.6. The summed E-state index contributed by atoms with van der Waals surface area (Å²) in [6, 6.07) is 9.70. The third-order valence-electron chi connectivity index (χ3n) is 3.87. The summed E-state index contributed by atoms with van der Waals surface area (Å²) in [4.78, 5) is 12.2. The van der Waals surface area contributed by atoms with Gasteiger partial charge in [-0.15, -0.1) is 0 Å². The molecule has 1 N–H and O–H groups in total. The van der Waals surface area contributed by atoms with E-state index in [0.29, 0.717) is 5.82 Å². The van der Waals surface area contributed by atoms with Crippen molar-refractivity contribution in [3.8, 4) is 5.88 Å². The van der Waals surface area contributed by atoms with Crippen LogP contribution in [0.25, 0.3) is 10.9 Å². The number of hydrogen-bond acceptors (Lipinski definition) is 5. The molecule has 1 atom stereocenters. The van der Waals surface area contributed by atoms with Crippen LogP contribution in [0.4, 0.5) is 19.0 Å². The zero-order chi connectivity index (χ0) is 18.6. The molecule has 0 aliphatic carbocycles. The highest BCUT2D eigenvalue weighted by atomic mass is 19.4. The molecule has 136 valence electrons. The SMILES string of the molecule is CCC(COc1ccc(C(F)(F)F)cn1)Nc1ncnc2ccccc12. The summed E-state index contributed by atoms with van der Waals surface area (Å²) < 4.78 is 43.2. The van der Waals surface area contributed by atoms with Gasteiger partial charge in [-0.2, -0.15) is 13.2 Å². The minimum atomic E-state index is -4.41. The monoisotopic (exact) mass is 362 g/mol. The van der Waals surface area contributed by atoms with E-state index in [0.717, 1.165) is 29.6 Å². The van der Waals surface area contributed by atoms with Crippen molar-refractivity contribution in [1.29, 1.82) is 0 Å². The van der Waals surface area contributed by atoms with E-state index in [9.17, 15) is 13.2 Å². The van der Waals surface area contributed by atoms with Crippen molar-refractivity contribution < 1.29 is 17.9 Å². The fourth-order valence-electron chi connectivity index (χ4n) is 2.39. The van der Waals surface area contributed by atoms with Gasteiger partial charge in [-0.25, -0.2) is 15.0 Å². The number of nitrogens with zero attached hydrogens (tertiary/aromatic N) is 3. The Balaban J connectivity index is 1.66. The van der Waals surface area contributed by atoms with E-state index in [2.05, 4.69) is 20.3 Å². The molecular weight excluding hydrogens is 345 g/mol. The van der Waals surface area contributed by atoms with Crippen LogP contribution in [-0.2, 0) is 6.18 Å². The number of halogens is 3. The van der Waals surface area contributed by atoms with Gasteiger partial charge in [0.2, 0.25) is 5.88 Å². The number of pyridine rings is 1. The first-order chi connectivity index (χ1) is 12.5. The molecule has 0 radical (unpaired) electrons. The maximum absolute atomic E-state index is 12.6. The van der Waals surface area contributed by atoms with Crippen LogP contribution >= 0.6 is 0 Å². The normalized spacial score (nSPS) is 12.8. The number of fused-ring (bicyclic) bond motifs is 1. The van der Waals surface area contributed by atoms with Gasteiger partial charge in [0, 0.05) is 17.6 Å². The highest BCUT2D eigenvalue weighted by molar-refractivity contribution is 5.88. The number of para-hydroxylation sites is 1. The third-order valence-corrected chi connectivity index (χ3v) is 3.87. The smallest absolute Gasteiger partial charge is 0.417 e. The van der Waals surface area contributed by atoms with E-state index in [-0.39, 0.29) is 18.5 Å². The van der Waals surface area contributed by atoms with Crippen LogP contribution in [0.1, 0.15) is 18.9 Å². The Bertz CT molecular complexity index is 863. The molecule has 2 aromatic heterocycles. The first kappa shape index (κ1) is 17.9. The van der Waals surface area contributed by atoms with Gasteiger partial charge in [0.1, 0.15) is 18.8 Å². The standard InChI is InChI=1S/C18H17F3N4O/c1-2-13(10-26-16-8-7-12(9-22-16)18(19,20)21)25-17-14-5-3-4-6-15(14)23-11-24-17/h3-9,11,13H,2,10H2,1H3,(H,23,24,25). The van der Waals surface area contributed by atoms with Gasteiger partial charge >= 0.3 is 6.18 Å². The van der Waals surface area contributed by atoms with Gasteiger partial charge in [0.05, 0.1) is 17.1 Å². The minimum absolute atomic E-state index is 0.0857. The molecule has 1 aromatic carbocycles. The zero-order valence-electron chi connectivity index (χ0n) is 14.0. The summed E-state index contributed by atoms with van der Waals surface area (Å²) in [5, 5.41) is 4.18. The van der Waals surface area contributed by atoms with Gasteiger partial charge in [-0.3, -0.25) is 0 Å². The number of aromatic nitrogens is 3. The van der Waals surface area contributed by atoms with Crippen molar-refractivity contribution in [2.75, 3.05) is 11.9 Å². The van der Waals surface area contributed by atoms with E-state index < -0.39 is 11.7 Å². The minimum Gasteiger partial charge on any atom is -0.475 e. The number of nitrogens with one attached hydrogen (secondary N) is 1. The van der Waals surface area contributed by atoms with Crippen LogP contribution in [0.15, 0.2) is 48.9 Å². The Labute approximate surface area is 148 Å².